The van der Waals surface area contributed by atoms with E-state index in [1.165, 1.54) is 5.56 Å². The van der Waals surface area contributed by atoms with E-state index in [0.29, 0.717) is 0 Å². The van der Waals surface area contributed by atoms with Crippen molar-refractivity contribution in [1.82, 2.24) is 0 Å². The number of fused-ring (bicyclic) bond motifs is 1. The zero-order chi connectivity index (χ0) is 15.2. The lowest BCUT2D eigenvalue weighted by Crippen LogP contribution is -2.24. The number of hydrogen-bond acceptors (Lipinski definition) is 2. The summed E-state index contributed by atoms with van der Waals surface area (Å²) in [7, 11) is 0. The maximum Gasteiger partial charge on any atom is 0.123 e. The molecule has 0 fully saturated rings. The maximum absolute atomic E-state index is 10.7. The second-order valence-corrected chi connectivity index (χ2v) is 7.08. The van der Waals surface area contributed by atoms with Crippen LogP contribution in [-0.2, 0) is 6.42 Å². The molecular formula is C18H19BrO2. The maximum atomic E-state index is 10.7. The average molecular weight is 347 g/mol. The van der Waals surface area contributed by atoms with Crippen LogP contribution in [0.2, 0.25) is 0 Å². The molecule has 0 aliphatic carbocycles. The Bertz CT molecular complexity index is 692. The van der Waals surface area contributed by atoms with E-state index in [2.05, 4.69) is 35.8 Å². The van der Waals surface area contributed by atoms with Crippen LogP contribution in [0.4, 0.5) is 0 Å². The summed E-state index contributed by atoms with van der Waals surface area (Å²) in [6.45, 7) is 6.19. The van der Waals surface area contributed by atoms with Crippen LogP contribution in [0.25, 0.3) is 0 Å². The number of aliphatic hydroxyl groups excluding tert-OH is 1. The van der Waals surface area contributed by atoms with Gasteiger partial charge in [0.15, 0.2) is 0 Å². The van der Waals surface area contributed by atoms with Gasteiger partial charge in [0.1, 0.15) is 17.5 Å². The van der Waals surface area contributed by atoms with Crippen LogP contribution in [0.3, 0.4) is 0 Å². The number of ether oxygens (including phenoxy) is 1. The van der Waals surface area contributed by atoms with Crippen LogP contribution < -0.4 is 4.74 Å². The number of rotatable bonds is 2. The third-order valence-electron chi connectivity index (χ3n) is 3.92. The van der Waals surface area contributed by atoms with Crippen molar-refractivity contribution in [3.05, 3.63) is 63.1 Å². The van der Waals surface area contributed by atoms with Gasteiger partial charge in [0.05, 0.1) is 0 Å². The normalized spacial score (nSPS) is 17.2. The Labute approximate surface area is 133 Å². The smallest absolute Gasteiger partial charge is 0.123 e. The van der Waals surface area contributed by atoms with Gasteiger partial charge in [0, 0.05) is 10.9 Å². The Hall–Kier alpha value is -1.32. The lowest BCUT2D eigenvalue weighted by Gasteiger charge is -2.16. The van der Waals surface area contributed by atoms with Gasteiger partial charge in [-0.2, -0.15) is 0 Å². The van der Waals surface area contributed by atoms with Crippen molar-refractivity contribution < 1.29 is 9.84 Å². The molecule has 2 nitrogen and oxygen atoms in total. The molecule has 110 valence electrons. The molecule has 1 heterocycles. The van der Waals surface area contributed by atoms with E-state index in [0.717, 1.165) is 33.3 Å². The molecule has 0 aromatic heterocycles. The van der Waals surface area contributed by atoms with E-state index in [-0.39, 0.29) is 5.60 Å². The molecule has 0 amide bonds. The minimum Gasteiger partial charge on any atom is -0.487 e. The molecule has 3 heteroatoms. The highest BCUT2D eigenvalue weighted by atomic mass is 79.9. The van der Waals surface area contributed by atoms with Gasteiger partial charge in [-0.1, -0.05) is 40.2 Å². The fourth-order valence-corrected chi connectivity index (χ4v) is 3.34. The first kappa shape index (κ1) is 14.6. The van der Waals surface area contributed by atoms with Crippen molar-refractivity contribution in [2.24, 2.45) is 0 Å². The van der Waals surface area contributed by atoms with Gasteiger partial charge < -0.3 is 9.84 Å². The van der Waals surface area contributed by atoms with Crippen LogP contribution in [-0.4, -0.2) is 10.7 Å². The van der Waals surface area contributed by atoms with Crippen molar-refractivity contribution in [3.63, 3.8) is 0 Å². The van der Waals surface area contributed by atoms with Gasteiger partial charge >= 0.3 is 0 Å². The monoisotopic (exact) mass is 346 g/mol. The van der Waals surface area contributed by atoms with Crippen molar-refractivity contribution in [3.8, 4) is 5.75 Å². The summed E-state index contributed by atoms with van der Waals surface area (Å²) in [5, 5.41) is 10.7. The summed E-state index contributed by atoms with van der Waals surface area (Å²) >= 11 is 3.57. The van der Waals surface area contributed by atoms with Crippen molar-refractivity contribution in [2.45, 2.75) is 38.9 Å². The zero-order valence-corrected chi connectivity index (χ0v) is 14.1. The van der Waals surface area contributed by atoms with Gasteiger partial charge in [-0.05, 0) is 55.2 Å². The quantitative estimate of drug-likeness (QED) is 0.863. The summed E-state index contributed by atoms with van der Waals surface area (Å²) in [4.78, 5) is 0. The molecule has 0 saturated heterocycles. The van der Waals surface area contributed by atoms with Gasteiger partial charge in [0.25, 0.3) is 0 Å². The molecule has 0 bridgehead atoms. The fraction of sp³-hybridized carbons (Fsp3) is 0.333. The summed E-state index contributed by atoms with van der Waals surface area (Å²) in [5.74, 6) is 0.930. The van der Waals surface area contributed by atoms with Crippen LogP contribution in [0.1, 0.15) is 42.2 Å². The molecule has 2 aromatic carbocycles. The molecule has 1 aliphatic heterocycles. The second kappa shape index (κ2) is 5.15. The lowest BCUT2D eigenvalue weighted by atomic mass is 9.95. The minimum absolute atomic E-state index is 0.157. The minimum atomic E-state index is -0.631. The summed E-state index contributed by atoms with van der Waals surface area (Å²) in [6.07, 6.45) is 0.242. The molecular weight excluding hydrogens is 328 g/mol. The molecule has 1 aliphatic rings. The first-order chi connectivity index (χ1) is 9.87. The van der Waals surface area contributed by atoms with E-state index in [9.17, 15) is 5.11 Å². The lowest BCUT2D eigenvalue weighted by molar-refractivity contribution is 0.138. The molecule has 1 N–H and O–H groups in total. The first-order valence-electron chi connectivity index (χ1n) is 7.12. The molecule has 0 saturated carbocycles. The van der Waals surface area contributed by atoms with Crippen molar-refractivity contribution >= 4 is 15.9 Å². The topological polar surface area (TPSA) is 29.5 Å². The average Bonchev–Trinajstić information content (AvgIpc) is 2.73. The van der Waals surface area contributed by atoms with Gasteiger partial charge in [-0.25, -0.2) is 0 Å². The Morgan fingerprint density at radius 3 is 2.76 bits per heavy atom. The van der Waals surface area contributed by atoms with Crippen molar-refractivity contribution in [2.75, 3.05) is 0 Å². The SMILES string of the molecule is Cc1cccc(C(O)c2ccc3c(c2)CC(C)(C)O3)c1Br. The highest BCUT2D eigenvalue weighted by Crippen LogP contribution is 2.38. The van der Waals surface area contributed by atoms with Gasteiger partial charge in [0.2, 0.25) is 0 Å². The zero-order valence-electron chi connectivity index (χ0n) is 12.5. The van der Waals surface area contributed by atoms with E-state index < -0.39 is 6.10 Å². The summed E-state index contributed by atoms with van der Waals surface area (Å²) in [6, 6.07) is 11.9. The number of hydrogen-bond donors (Lipinski definition) is 1. The van der Waals surface area contributed by atoms with Gasteiger partial charge in [-0.15, -0.1) is 0 Å². The molecule has 21 heavy (non-hydrogen) atoms. The fourth-order valence-electron chi connectivity index (χ4n) is 2.86. The van der Waals surface area contributed by atoms with E-state index in [1.54, 1.807) is 0 Å². The highest BCUT2D eigenvalue weighted by Gasteiger charge is 2.30. The molecule has 3 rings (SSSR count). The highest BCUT2D eigenvalue weighted by molar-refractivity contribution is 9.10. The largest absolute Gasteiger partial charge is 0.487 e. The van der Waals surface area contributed by atoms with Crippen LogP contribution in [0.15, 0.2) is 40.9 Å². The summed E-state index contributed by atoms with van der Waals surface area (Å²) < 4.78 is 6.85. The van der Waals surface area contributed by atoms with Crippen LogP contribution >= 0.6 is 15.9 Å². The Balaban J connectivity index is 1.97. The number of aliphatic hydroxyl groups is 1. The predicted molar refractivity (Wildman–Crippen MR) is 87.8 cm³/mol. The molecule has 1 atom stereocenters. The predicted octanol–water partition coefficient (Wildman–Crippen LogP) is 4.55. The van der Waals surface area contributed by atoms with E-state index in [1.807, 2.05) is 37.3 Å². The third-order valence-corrected chi connectivity index (χ3v) is 5.00. The standard InChI is InChI=1S/C18H19BrO2/c1-11-5-4-6-14(16(11)19)17(20)12-7-8-15-13(9-12)10-18(2,3)21-15/h4-9,17,20H,10H2,1-3H3. The Morgan fingerprint density at radius 1 is 1.24 bits per heavy atom. The third kappa shape index (κ3) is 2.72. The van der Waals surface area contributed by atoms with Crippen LogP contribution in [0, 0.1) is 6.92 Å². The first-order valence-corrected chi connectivity index (χ1v) is 7.91. The van der Waals surface area contributed by atoms with E-state index >= 15 is 0 Å². The van der Waals surface area contributed by atoms with E-state index in [4.69, 9.17) is 4.74 Å². The molecule has 1 unspecified atom stereocenters. The number of halogens is 1. The van der Waals surface area contributed by atoms with Crippen LogP contribution in [0.5, 0.6) is 5.75 Å². The number of aryl methyl sites for hydroxylation is 1. The second-order valence-electron chi connectivity index (χ2n) is 6.29. The van der Waals surface area contributed by atoms with Crippen molar-refractivity contribution in [1.29, 1.82) is 0 Å². The molecule has 2 aromatic rings. The summed E-state index contributed by atoms with van der Waals surface area (Å²) in [5.41, 5.74) is 3.93. The number of benzene rings is 2. The molecule has 0 radical (unpaired) electrons. The molecule has 0 spiro atoms. The Kier molecular flexibility index (Phi) is 3.58. The Morgan fingerprint density at radius 2 is 2.00 bits per heavy atom. The van der Waals surface area contributed by atoms with Gasteiger partial charge in [-0.3, -0.25) is 0 Å².